The van der Waals surface area contributed by atoms with Crippen LogP contribution in [-0.4, -0.2) is 13.0 Å². The number of carbonyl (C=O) groups is 1. The Morgan fingerprint density at radius 2 is 1.94 bits per heavy atom. The number of ether oxygens (including phenoxy) is 1. The van der Waals surface area contributed by atoms with E-state index in [-0.39, 0.29) is 5.41 Å². The van der Waals surface area contributed by atoms with Gasteiger partial charge in [0.2, 0.25) is 0 Å². The number of methoxy groups -OCH3 is 1. The largest absolute Gasteiger partial charge is 0.496 e. The maximum Gasteiger partial charge on any atom is 0.252 e. The highest BCUT2D eigenvalue weighted by Crippen LogP contribution is 2.32. The van der Waals surface area contributed by atoms with Gasteiger partial charge in [-0.25, -0.2) is 0 Å². The molecule has 1 rings (SSSR count). The lowest BCUT2D eigenvalue weighted by atomic mass is 9.82. The minimum Gasteiger partial charge on any atom is -0.496 e. The van der Waals surface area contributed by atoms with E-state index in [0.29, 0.717) is 11.3 Å². The molecule has 0 aliphatic carbocycles. The third kappa shape index (κ3) is 2.78. The fourth-order valence-electron chi connectivity index (χ4n) is 1.97. The molecule has 0 fully saturated rings. The molecule has 3 nitrogen and oxygen atoms in total. The van der Waals surface area contributed by atoms with Crippen molar-refractivity contribution in [2.75, 3.05) is 7.11 Å². The Balaban J connectivity index is 3.50. The lowest BCUT2D eigenvalue weighted by molar-refractivity contribution is 0.0997. The van der Waals surface area contributed by atoms with Crippen LogP contribution in [0.25, 0.3) is 0 Å². The van der Waals surface area contributed by atoms with E-state index < -0.39 is 5.91 Å². The Labute approximate surface area is 103 Å². The van der Waals surface area contributed by atoms with Crippen molar-refractivity contribution in [3.63, 3.8) is 0 Å². The molecule has 0 radical (unpaired) electrons. The Morgan fingerprint density at radius 3 is 2.29 bits per heavy atom. The van der Waals surface area contributed by atoms with Crippen LogP contribution < -0.4 is 10.5 Å². The number of primary amides is 1. The second-order valence-corrected chi connectivity index (χ2v) is 5.18. The predicted molar refractivity (Wildman–Crippen MR) is 69.6 cm³/mol. The molecule has 2 N–H and O–H groups in total. The number of hydrogen-bond donors (Lipinski definition) is 1. The van der Waals surface area contributed by atoms with Gasteiger partial charge in [0.25, 0.3) is 5.91 Å². The normalized spacial score (nSPS) is 11.4. The van der Waals surface area contributed by atoms with E-state index >= 15 is 0 Å². The van der Waals surface area contributed by atoms with Gasteiger partial charge in [-0.15, -0.1) is 0 Å². The highest BCUT2D eigenvalue weighted by atomic mass is 16.5. The smallest absolute Gasteiger partial charge is 0.252 e. The molecule has 0 unspecified atom stereocenters. The van der Waals surface area contributed by atoms with Crippen LogP contribution in [0, 0.1) is 0 Å². The monoisotopic (exact) mass is 235 g/mol. The van der Waals surface area contributed by atoms with Gasteiger partial charge in [-0.3, -0.25) is 4.79 Å². The van der Waals surface area contributed by atoms with Gasteiger partial charge in [-0.1, -0.05) is 27.7 Å². The van der Waals surface area contributed by atoms with Gasteiger partial charge in [0.05, 0.1) is 12.7 Å². The second-order valence-electron chi connectivity index (χ2n) is 5.18. The van der Waals surface area contributed by atoms with Crippen LogP contribution in [0.1, 0.15) is 49.2 Å². The first-order valence-electron chi connectivity index (χ1n) is 5.82. The summed E-state index contributed by atoms with van der Waals surface area (Å²) in [5.41, 5.74) is 8.16. The van der Waals surface area contributed by atoms with Gasteiger partial charge < -0.3 is 10.5 Å². The number of amides is 1. The molecule has 94 valence electrons. The van der Waals surface area contributed by atoms with Gasteiger partial charge in [-0.2, -0.15) is 0 Å². The van der Waals surface area contributed by atoms with Gasteiger partial charge in [-0.05, 0) is 35.1 Å². The summed E-state index contributed by atoms with van der Waals surface area (Å²) < 4.78 is 5.22. The highest BCUT2D eigenvalue weighted by Gasteiger charge is 2.21. The standard InChI is InChI=1S/C14H21NO2/c1-6-9-7-12(17-5)10(13(15)16)8-11(9)14(2,3)4/h7-8H,6H2,1-5H3,(H2,15,16). The molecule has 0 aliphatic rings. The summed E-state index contributed by atoms with van der Waals surface area (Å²) in [6.45, 7) is 8.46. The van der Waals surface area contributed by atoms with Crippen molar-refractivity contribution in [1.82, 2.24) is 0 Å². The summed E-state index contributed by atoms with van der Waals surface area (Å²) in [6, 6.07) is 3.78. The first-order valence-corrected chi connectivity index (χ1v) is 5.82. The van der Waals surface area contributed by atoms with Crippen LogP contribution >= 0.6 is 0 Å². The molecule has 0 aromatic heterocycles. The molecule has 1 aromatic carbocycles. The highest BCUT2D eigenvalue weighted by molar-refractivity contribution is 5.96. The number of nitrogens with two attached hydrogens (primary N) is 1. The average Bonchev–Trinajstić information content (AvgIpc) is 2.25. The fourth-order valence-corrected chi connectivity index (χ4v) is 1.97. The van der Waals surface area contributed by atoms with Gasteiger partial charge in [0, 0.05) is 0 Å². The van der Waals surface area contributed by atoms with E-state index in [2.05, 4.69) is 27.7 Å². The van der Waals surface area contributed by atoms with Crippen LogP contribution in [0.2, 0.25) is 0 Å². The first-order chi connectivity index (χ1) is 7.81. The van der Waals surface area contributed by atoms with E-state index in [4.69, 9.17) is 10.5 Å². The minimum atomic E-state index is -0.449. The molecule has 0 heterocycles. The zero-order chi connectivity index (χ0) is 13.2. The van der Waals surface area contributed by atoms with E-state index in [9.17, 15) is 4.79 Å². The summed E-state index contributed by atoms with van der Waals surface area (Å²) in [5, 5.41) is 0. The zero-order valence-electron chi connectivity index (χ0n) is 11.3. The van der Waals surface area contributed by atoms with Crippen molar-refractivity contribution >= 4 is 5.91 Å². The molecule has 0 spiro atoms. The second kappa shape index (κ2) is 4.78. The van der Waals surface area contributed by atoms with Gasteiger partial charge in [0.1, 0.15) is 5.75 Å². The average molecular weight is 235 g/mol. The topological polar surface area (TPSA) is 52.3 Å². The van der Waals surface area contributed by atoms with Crippen LogP contribution in [0.4, 0.5) is 0 Å². The number of hydrogen-bond acceptors (Lipinski definition) is 2. The van der Waals surface area contributed by atoms with Gasteiger partial charge >= 0.3 is 0 Å². The van der Waals surface area contributed by atoms with E-state index in [1.165, 1.54) is 5.56 Å². The van der Waals surface area contributed by atoms with Crippen molar-refractivity contribution in [2.45, 2.75) is 39.5 Å². The SMILES string of the molecule is CCc1cc(OC)c(C(N)=O)cc1C(C)(C)C. The summed E-state index contributed by atoms with van der Waals surface area (Å²) in [6.07, 6.45) is 0.905. The molecule has 0 atom stereocenters. The first kappa shape index (κ1) is 13.6. The van der Waals surface area contributed by atoms with E-state index in [1.807, 2.05) is 12.1 Å². The predicted octanol–water partition coefficient (Wildman–Crippen LogP) is 2.65. The quantitative estimate of drug-likeness (QED) is 0.875. The number of aryl methyl sites for hydroxylation is 1. The molecule has 0 aliphatic heterocycles. The maximum absolute atomic E-state index is 11.4. The molecule has 0 bridgehead atoms. The molecule has 3 heteroatoms. The van der Waals surface area contributed by atoms with Crippen molar-refractivity contribution in [3.8, 4) is 5.75 Å². The van der Waals surface area contributed by atoms with Crippen molar-refractivity contribution < 1.29 is 9.53 Å². The van der Waals surface area contributed by atoms with Crippen molar-refractivity contribution in [3.05, 3.63) is 28.8 Å². The summed E-state index contributed by atoms with van der Waals surface area (Å²) in [5.74, 6) is 0.109. The number of rotatable bonds is 3. The number of carbonyl (C=O) groups excluding carboxylic acids is 1. The minimum absolute atomic E-state index is 0.0121. The summed E-state index contributed by atoms with van der Waals surface area (Å²) >= 11 is 0. The van der Waals surface area contributed by atoms with Gasteiger partial charge in [0.15, 0.2) is 0 Å². The molecular weight excluding hydrogens is 214 g/mol. The van der Waals surface area contributed by atoms with Crippen molar-refractivity contribution in [2.24, 2.45) is 5.73 Å². The molecule has 1 aromatic rings. The molecule has 0 saturated carbocycles. The summed E-state index contributed by atoms with van der Waals surface area (Å²) in [7, 11) is 1.55. The van der Waals surface area contributed by atoms with E-state index in [0.717, 1.165) is 12.0 Å². The Hall–Kier alpha value is -1.51. The molecule has 17 heavy (non-hydrogen) atoms. The molecular formula is C14H21NO2. The zero-order valence-corrected chi connectivity index (χ0v) is 11.3. The van der Waals surface area contributed by atoms with Crippen LogP contribution in [0.5, 0.6) is 5.75 Å². The van der Waals surface area contributed by atoms with Crippen LogP contribution in [-0.2, 0) is 11.8 Å². The Kier molecular flexibility index (Phi) is 3.81. The van der Waals surface area contributed by atoms with E-state index in [1.54, 1.807) is 7.11 Å². The lowest BCUT2D eigenvalue weighted by Gasteiger charge is -2.24. The third-order valence-corrected chi connectivity index (χ3v) is 2.88. The Morgan fingerprint density at radius 1 is 1.35 bits per heavy atom. The third-order valence-electron chi connectivity index (χ3n) is 2.88. The van der Waals surface area contributed by atoms with Crippen molar-refractivity contribution in [1.29, 1.82) is 0 Å². The summed E-state index contributed by atoms with van der Waals surface area (Å²) in [4.78, 5) is 11.4. The maximum atomic E-state index is 11.4. The fraction of sp³-hybridized carbons (Fsp3) is 0.500. The lowest BCUT2D eigenvalue weighted by Crippen LogP contribution is -2.19. The van der Waals surface area contributed by atoms with Crippen LogP contribution in [0.15, 0.2) is 12.1 Å². The van der Waals surface area contributed by atoms with Crippen LogP contribution in [0.3, 0.4) is 0 Å². The number of benzene rings is 1. The molecule has 1 amide bonds. The molecule has 0 saturated heterocycles. The Bertz CT molecular complexity index is 431.